The van der Waals surface area contributed by atoms with Crippen LogP contribution in [0.5, 0.6) is 0 Å². The second-order valence-electron chi connectivity index (χ2n) is 3.73. The van der Waals surface area contributed by atoms with E-state index < -0.39 is 6.04 Å². The molecule has 2 atom stereocenters. The first-order chi connectivity index (χ1) is 7.08. The fourth-order valence-electron chi connectivity index (χ4n) is 1.27. The van der Waals surface area contributed by atoms with E-state index in [9.17, 15) is 4.79 Å². The van der Waals surface area contributed by atoms with E-state index in [4.69, 9.17) is 5.73 Å². The minimum absolute atomic E-state index is 0.0239. The lowest BCUT2D eigenvalue weighted by molar-refractivity contribution is -0.132. The fraction of sp³-hybridized carbons (Fsp3) is 0.583. The third-order valence-corrected chi connectivity index (χ3v) is 2.55. The molecule has 15 heavy (non-hydrogen) atoms. The number of nitrogens with zero attached hydrogens (tertiary/aromatic N) is 1. The van der Waals surface area contributed by atoms with Gasteiger partial charge in [0, 0.05) is 13.1 Å². The van der Waals surface area contributed by atoms with Gasteiger partial charge in [0.1, 0.15) is 0 Å². The van der Waals surface area contributed by atoms with Crippen molar-refractivity contribution in [1.29, 1.82) is 0 Å². The monoisotopic (exact) mass is 210 g/mol. The molecule has 2 N–H and O–H groups in total. The van der Waals surface area contributed by atoms with E-state index in [-0.39, 0.29) is 11.8 Å². The predicted octanol–water partition coefficient (Wildman–Crippen LogP) is 1.56. The van der Waals surface area contributed by atoms with Crippen molar-refractivity contribution in [2.45, 2.75) is 26.3 Å². The Balaban J connectivity index is 4.46. The second kappa shape index (κ2) is 7.23. The molecular weight excluding hydrogens is 188 g/mol. The zero-order chi connectivity index (χ0) is 11.8. The first-order valence-corrected chi connectivity index (χ1v) is 5.34. The van der Waals surface area contributed by atoms with Gasteiger partial charge in [-0.2, -0.15) is 0 Å². The molecule has 0 saturated heterocycles. The average Bonchev–Trinajstić information content (AvgIpc) is 2.25. The van der Waals surface area contributed by atoms with Gasteiger partial charge in [-0.25, -0.2) is 0 Å². The molecule has 0 saturated carbocycles. The summed E-state index contributed by atoms with van der Waals surface area (Å²) in [5, 5.41) is 0. The van der Waals surface area contributed by atoms with Crippen molar-refractivity contribution in [3.8, 4) is 0 Å². The molecular formula is C12H22N2O. The summed E-state index contributed by atoms with van der Waals surface area (Å²) in [4.78, 5) is 13.6. The fourth-order valence-corrected chi connectivity index (χ4v) is 1.27. The van der Waals surface area contributed by atoms with Crippen LogP contribution >= 0.6 is 0 Å². The zero-order valence-corrected chi connectivity index (χ0v) is 9.78. The Hall–Kier alpha value is -1.09. The van der Waals surface area contributed by atoms with E-state index in [0.717, 1.165) is 6.42 Å². The third-order valence-electron chi connectivity index (χ3n) is 2.55. The highest BCUT2D eigenvalue weighted by Gasteiger charge is 2.23. The van der Waals surface area contributed by atoms with Crippen molar-refractivity contribution in [2.75, 3.05) is 13.1 Å². The van der Waals surface area contributed by atoms with Gasteiger partial charge in [-0.05, 0) is 5.92 Å². The van der Waals surface area contributed by atoms with Gasteiger partial charge >= 0.3 is 0 Å². The molecule has 0 aliphatic rings. The normalized spacial score (nSPS) is 14.1. The smallest absolute Gasteiger partial charge is 0.240 e. The molecule has 0 aromatic heterocycles. The molecule has 0 aliphatic heterocycles. The topological polar surface area (TPSA) is 46.3 Å². The highest BCUT2D eigenvalue weighted by molar-refractivity contribution is 5.82. The maximum Gasteiger partial charge on any atom is 0.240 e. The van der Waals surface area contributed by atoms with Crippen molar-refractivity contribution in [3.05, 3.63) is 25.3 Å². The maximum absolute atomic E-state index is 11.9. The summed E-state index contributed by atoms with van der Waals surface area (Å²) in [6, 6.07) is -0.421. The lowest BCUT2D eigenvalue weighted by Gasteiger charge is -2.26. The Kier molecular flexibility index (Phi) is 6.71. The molecule has 2 unspecified atom stereocenters. The first-order valence-electron chi connectivity index (χ1n) is 5.34. The van der Waals surface area contributed by atoms with Crippen LogP contribution in [-0.4, -0.2) is 29.9 Å². The van der Waals surface area contributed by atoms with Crippen LogP contribution < -0.4 is 5.73 Å². The van der Waals surface area contributed by atoms with Gasteiger partial charge in [-0.3, -0.25) is 4.79 Å². The molecule has 1 amide bonds. The standard InChI is InChI=1S/C12H22N2O/c1-5-8-14(9-6-2)12(15)11(13)10(4)7-3/h5-6,10-11H,1-2,7-9,13H2,3-4H3. The molecule has 0 spiro atoms. The van der Waals surface area contributed by atoms with Crippen molar-refractivity contribution in [3.63, 3.8) is 0 Å². The number of amides is 1. The van der Waals surface area contributed by atoms with Gasteiger partial charge in [0.05, 0.1) is 6.04 Å². The van der Waals surface area contributed by atoms with E-state index in [2.05, 4.69) is 13.2 Å². The summed E-state index contributed by atoms with van der Waals surface area (Å²) >= 11 is 0. The summed E-state index contributed by atoms with van der Waals surface area (Å²) in [7, 11) is 0. The Morgan fingerprint density at radius 3 is 2.20 bits per heavy atom. The number of hydrogen-bond donors (Lipinski definition) is 1. The number of carbonyl (C=O) groups is 1. The number of nitrogens with two attached hydrogens (primary N) is 1. The van der Waals surface area contributed by atoms with Crippen LogP contribution in [0.2, 0.25) is 0 Å². The third kappa shape index (κ3) is 4.30. The predicted molar refractivity (Wildman–Crippen MR) is 64.4 cm³/mol. The van der Waals surface area contributed by atoms with E-state index in [0.29, 0.717) is 13.1 Å². The number of carbonyl (C=O) groups excluding carboxylic acids is 1. The van der Waals surface area contributed by atoms with Crippen LogP contribution in [0.15, 0.2) is 25.3 Å². The van der Waals surface area contributed by atoms with Crippen LogP contribution in [0.3, 0.4) is 0 Å². The molecule has 86 valence electrons. The molecule has 0 radical (unpaired) electrons. The van der Waals surface area contributed by atoms with Crippen LogP contribution in [0.4, 0.5) is 0 Å². The van der Waals surface area contributed by atoms with E-state index in [1.54, 1.807) is 17.1 Å². The van der Waals surface area contributed by atoms with Crippen molar-refractivity contribution < 1.29 is 4.79 Å². The lowest BCUT2D eigenvalue weighted by atomic mass is 9.99. The molecule has 0 rings (SSSR count). The van der Waals surface area contributed by atoms with Crippen LogP contribution in [0.1, 0.15) is 20.3 Å². The lowest BCUT2D eigenvalue weighted by Crippen LogP contribution is -2.47. The molecule has 0 fully saturated rings. The second-order valence-corrected chi connectivity index (χ2v) is 3.73. The largest absolute Gasteiger partial charge is 0.334 e. The van der Waals surface area contributed by atoms with Gasteiger partial charge in [-0.15, -0.1) is 13.2 Å². The summed E-state index contributed by atoms with van der Waals surface area (Å²) in [5.41, 5.74) is 5.87. The van der Waals surface area contributed by atoms with Crippen molar-refractivity contribution in [1.82, 2.24) is 4.90 Å². The van der Waals surface area contributed by atoms with Crippen molar-refractivity contribution >= 4 is 5.91 Å². The first kappa shape index (κ1) is 13.9. The molecule has 3 heteroatoms. The number of rotatable bonds is 7. The maximum atomic E-state index is 11.9. The molecule has 0 aliphatic carbocycles. The minimum Gasteiger partial charge on any atom is -0.334 e. The zero-order valence-electron chi connectivity index (χ0n) is 9.78. The van der Waals surface area contributed by atoms with Gasteiger partial charge < -0.3 is 10.6 Å². The van der Waals surface area contributed by atoms with Gasteiger partial charge in [-0.1, -0.05) is 32.4 Å². The molecule has 3 nitrogen and oxygen atoms in total. The highest BCUT2D eigenvalue weighted by atomic mass is 16.2. The van der Waals surface area contributed by atoms with E-state index >= 15 is 0 Å². The average molecular weight is 210 g/mol. The highest BCUT2D eigenvalue weighted by Crippen LogP contribution is 2.08. The Labute approximate surface area is 92.6 Å². The summed E-state index contributed by atoms with van der Waals surface area (Å²) < 4.78 is 0. The van der Waals surface area contributed by atoms with Gasteiger partial charge in [0.2, 0.25) is 5.91 Å². The summed E-state index contributed by atoms with van der Waals surface area (Å²) in [6.07, 6.45) is 4.30. The summed E-state index contributed by atoms with van der Waals surface area (Å²) in [5.74, 6) is 0.179. The van der Waals surface area contributed by atoms with E-state index in [1.807, 2.05) is 13.8 Å². The minimum atomic E-state index is -0.421. The van der Waals surface area contributed by atoms with Crippen molar-refractivity contribution in [2.24, 2.45) is 11.7 Å². The van der Waals surface area contributed by atoms with Gasteiger partial charge in [0.25, 0.3) is 0 Å². The molecule has 0 heterocycles. The SMILES string of the molecule is C=CCN(CC=C)C(=O)C(N)C(C)CC. The molecule has 0 aromatic rings. The van der Waals surface area contributed by atoms with Crippen LogP contribution in [0, 0.1) is 5.92 Å². The number of hydrogen-bond acceptors (Lipinski definition) is 2. The van der Waals surface area contributed by atoms with Gasteiger partial charge in [0.15, 0.2) is 0 Å². The van der Waals surface area contributed by atoms with Crippen LogP contribution in [0.25, 0.3) is 0 Å². The Morgan fingerprint density at radius 2 is 1.87 bits per heavy atom. The quantitative estimate of drug-likeness (QED) is 0.648. The molecule has 0 aromatic carbocycles. The Bertz CT molecular complexity index is 216. The summed E-state index contributed by atoms with van der Waals surface area (Å²) in [6.45, 7) is 12.3. The Morgan fingerprint density at radius 1 is 1.40 bits per heavy atom. The van der Waals surface area contributed by atoms with E-state index in [1.165, 1.54) is 0 Å². The van der Waals surface area contributed by atoms with Crippen LogP contribution in [-0.2, 0) is 4.79 Å². The molecule has 0 bridgehead atoms.